The van der Waals surface area contributed by atoms with Gasteiger partial charge in [0.15, 0.2) is 0 Å². The lowest BCUT2D eigenvalue weighted by Crippen LogP contribution is -2.19. The molecule has 1 aromatic carbocycles. The van der Waals surface area contributed by atoms with Crippen molar-refractivity contribution in [2.45, 2.75) is 32.2 Å². The summed E-state index contributed by atoms with van der Waals surface area (Å²) in [6.07, 6.45) is 4.17. The van der Waals surface area contributed by atoms with Crippen molar-refractivity contribution in [3.8, 4) is 0 Å². The van der Waals surface area contributed by atoms with Gasteiger partial charge in [-0.1, -0.05) is 31.0 Å². The van der Waals surface area contributed by atoms with E-state index < -0.39 is 0 Å². The molecule has 0 saturated heterocycles. The van der Waals surface area contributed by atoms with Crippen molar-refractivity contribution < 1.29 is 4.42 Å². The highest BCUT2D eigenvalue weighted by Gasteiger charge is 2.20. The lowest BCUT2D eigenvalue weighted by atomic mass is 10.2. The van der Waals surface area contributed by atoms with Gasteiger partial charge in [0.1, 0.15) is 11.3 Å². The van der Waals surface area contributed by atoms with Crippen molar-refractivity contribution in [1.29, 1.82) is 0 Å². The Morgan fingerprint density at radius 2 is 2.18 bits per heavy atom. The first-order chi connectivity index (χ1) is 8.33. The monoisotopic (exact) mass is 229 g/mol. The second kappa shape index (κ2) is 4.53. The van der Waals surface area contributed by atoms with E-state index in [0.29, 0.717) is 6.04 Å². The fourth-order valence-corrected chi connectivity index (χ4v) is 2.23. The Labute approximate surface area is 102 Å². The van der Waals surface area contributed by atoms with Crippen LogP contribution in [0.4, 0.5) is 0 Å². The minimum absolute atomic E-state index is 0.307. The average molecular weight is 229 g/mol. The van der Waals surface area contributed by atoms with E-state index in [-0.39, 0.29) is 0 Å². The molecule has 1 heterocycles. The first kappa shape index (κ1) is 10.8. The van der Waals surface area contributed by atoms with Crippen molar-refractivity contribution in [2.75, 3.05) is 6.54 Å². The van der Waals surface area contributed by atoms with Gasteiger partial charge in [0.2, 0.25) is 0 Å². The van der Waals surface area contributed by atoms with Gasteiger partial charge in [-0.2, -0.15) is 0 Å². The Balaban J connectivity index is 1.64. The number of benzene rings is 1. The van der Waals surface area contributed by atoms with Crippen LogP contribution in [-0.2, 0) is 0 Å². The normalized spacial score (nSPS) is 17.5. The van der Waals surface area contributed by atoms with Crippen LogP contribution >= 0.6 is 0 Å². The smallest absolute Gasteiger partial charge is 0.134 e. The first-order valence-electron chi connectivity index (χ1n) is 6.55. The predicted octanol–water partition coefficient (Wildman–Crippen LogP) is 3.88. The molecule has 2 heteroatoms. The van der Waals surface area contributed by atoms with Gasteiger partial charge >= 0.3 is 0 Å². The number of rotatable bonds is 5. The summed E-state index contributed by atoms with van der Waals surface area (Å²) in [6.45, 7) is 3.27. The summed E-state index contributed by atoms with van der Waals surface area (Å²) >= 11 is 0. The van der Waals surface area contributed by atoms with Crippen molar-refractivity contribution in [1.82, 2.24) is 5.32 Å². The molecule has 2 nitrogen and oxygen atoms in total. The third-order valence-corrected chi connectivity index (χ3v) is 3.57. The van der Waals surface area contributed by atoms with Gasteiger partial charge in [-0.15, -0.1) is 0 Å². The van der Waals surface area contributed by atoms with Gasteiger partial charge in [0.25, 0.3) is 0 Å². The lowest BCUT2D eigenvalue weighted by Gasteiger charge is -2.10. The van der Waals surface area contributed by atoms with Gasteiger partial charge in [0.05, 0.1) is 6.04 Å². The van der Waals surface area contributed by atoms with E-state index in [1.54, 1.807) is 0 Å². The average Bonchev–Trinajstić information content (AvgIpc) is 3.06. The van der Waals surface area contributed by atoms with E-state index in [1.807, 2.05) is 18.2 Å². The van der Waals surface area contributed by atoms with E-state index >= 15 is 0 Å². The molecule has 0 spiro atoms. The van der Waals surface area contributed by atoms with Gasteiger partial charge in [-0.3, -0.25) is 0 Å². The molecule has 1 N–H and O–H groups in total. The van der Waals surface area contributed by atoms with Crippen LogP contribution in [0.25, 0.3) is 11.0 Å². The Hall–Kier alpha value is -1.28. The van der Waals surface area contributed by atoms with Crippen LogP contribution < -0.4 is 5.32 Å². The Kier molecular flexibility index (Phi) is 2.89. The molecular weight excluding hydrogens is 210 g/mol. The number of hydrogen-bond acceptors (Lipinski definition) is 2. The van der Waals surface area contributed by atoms with Crippen molar-refractivity contribution in [2.24, 2.45) is 5.92 Å². The molecule has 1 aromatic heterocycles. The zero-order chi connectivity index (χ0) is 11.7. The summed E-state index contributed by atoms with van der Waals surface area (Å²) < 4.78 is 5.84. The minimum Gasteiger partial charge on any atom is -0.459 e. The van der Waals surface area contributed by atoms with Gasteiger partial charge in [-0.05, 0) is 37.9 Å². The molecule has 1 atom stereocenters. The quantitative estimate of drug-likeness (QED) is 0.841. The second-order valence-corrected chi connectivity index (χ2v) is 5.09. The predicted molar refractivity (Wildman–Crippen MR) is 70.0 cm³/mol. The molecule has 1 aliphatic rings. The summed E-state index contributed by atoms with van der Waals surface area (Å²) in [7, 11) is 0. The third-order valence-electron chi connectivity index (χ3n) is 3.57. The Morgan fingerprint density at radius 3 is 2.94 bits per heavy atom. The largest absolute Gasteiger partial charge is 0.459 e. The van der Waals surface area contributed by atoms with Crippen LogP contribution in [0.1, 0.15) is 38.0 Å². The molecule has 2 aromatic rings. The summed E-state index contributed by atoms with van der Waals surface area (Å²) in [5.74, 6) is 2.03. The van der Waals surface area contributed by atoms with E-state index in [4.69, 9.17) is 4.42 Å². The van der Waals surface area contributed by atoms with E-state index in [1.165, 1.54) is 24.6 Å². The molecule has 1 fully saturated rings. The fourth-order valence-electron chi connectivity index (χ4n) is 2.23. The number of furan rings is 1. The third kappa shape index (κ3) is 2.52. The zero-order valence-electron chi connectivity index (χ0n) is 10.3. The summed E-state index contributed by atoms with van der Waals surface area (Å²) in [5.41, 5.74) is 0.985. The van der Waals surface area contributed by atoms with Crippen molar-refractivity contribution in [3.05, 3.63) is 36.1 Å². The van der Waals surface area contributed by atoms with Crippen LogP contribution in [0.15, 0.2) is 34.7 Å². The van der Waals surface area contributed by atoms with Crippen LogP contribution in [0.2, 0.25) is 0 Å². The number of nitrogens with one attached hydrogen (secondary N) is 1. The van der Waals surface area contributed by atoms with Gasteiger partial charge in [0, 0.05) is 5.39 Å². The van der Waals surface area contributed by atoms with Gasteiger partial charge in [-0.25, -0.2) is 0 Å². The molecular formula is C15H19NO. The minimum atomic E-state index is 0.307. The number of hydrogen-bond donors (Lipinski definition) is 1. The molecule has 1 aliphatic carbocycles. The first-order valence-corrected chi connectivity index (χ1v) is 6.55. The molecule has 1 unspecified atom stereocenters. The standard InChI is InChI=1S/C15H19NO/c1-11(16-9-8-12-6-7-12)15-10-13-4-2-3-5-14(13)17-15/h2-5,10-12,16H,6-9H2,1H3. The summed E-state index contributed by atoms with van der Waals surface area (Å²) in [4.78, 5) is 0. The fraction of sp³-hybridized carbons (Fsp3) is 0.467. The lowest BCUT2D eigenvalue weighted by molar-refractivity contribution is 0.444. The summed E-state index contributed by atoms with van der Waals surface area (Å²) in [6, 6.07) is 10.6. The van der Waals surface area contributed by atoms with Crippen LogP contribution in [0.5, 0.6) is 0 Å². The summed E-state index contributed by atoms with van der Waals surface area (Å²) in [5, 5.41) is 4.73. The molecule has 1 saturated carbocycles. The number of para-hydroxylation sites is 1. The van der Waals surface area contributed by atoms with Crippen molar-refractivity contribution in [3.63, 3.8) is 0 Å². The number of fused-ring (bicyclic) bond motifs is 1. The second-order valence-electron chi connectivity index (χ2n) is 5.09. The maximum absolute atomic E-state index is 5.84. The maximum Gasteiger partial charge on any atom is 0.134 e. The van der Waals surface area contributed by atoms with Gasteiger partial charge < -0.3 is 9.73 Å². The zero-order valence-corrected chi connectivity index (χ0v) is 10.3. The molecule has 0 bridgehead atoms. The molecule has 0 amide bonds. The molecule has 0 aliphatic heterocycles. The van der Waals surface area contributed by atoms with E-state index in [2.05, 4.69) is 24.4 Å². The van der Waals surface area contributed by atoms with Crippen molar-refractivity contribution >= 4 is 11.0 Å². The maximum atomic E-state index is 5.84. The highest BCUT2D eigenvalue weighted by molar-refractivity contribution is 5.77. The van der Waals surface area contributed by atoms with E-state index in [9.17, 15) is 0 Å². The van der Waals surface area contributed by atoms with Crippen LogP contribution in [-0.4, -0.2) is 6.54 Å². The Morgan fingerprint density at radius 1 is 1.35 bits per heavy atom. The molecule has 17 heavy (non-hydrogen) atoms. The Bertz CT molecular complexity index is 465. The molecule has 3 rings (SSSR count). The topological polar surface area (TPSA) is 25.2 Å². The molecule has 0 radical (unpaired) electrons. The highest BCUT2D eigenvalue weighted by Crippen LogP contribution is 2.32. The highest BCUT2D eigenvalue weighted by atomic mass is 16.3. The van der Waals surface area contributed by atoms with Crippen LogP contribution in [0, 0.1) is 5.92 Å². The SMILES string of the molecule is CC(NCCC1CC1)c1cc2ccccc2o1. The van der Waals surface area contributed by atoms with E-state index in [0.717, 1.165) is 23.8 Å². The van der Waals surface area contributed by atoms with Crippen LogP contribution in [0.3, 0.4) is 0 Å². The molecule has 90 valence electrons.